The van der Waals surface area contributed by atoms with Crippen molar-refractivity contribution < 1.29 is 18.8 Å². The first-order valence-electron chi connectivity index (χ1n) is 7.87. The number of carbonyl (C=O) groups excluding carboxylic acids is 1. The maximum Gasteiger partial charge on any atom is 0.279 e. The lowest BCUT2D eigenvalue weighted by Crippen LogP contribution is -2.15. The molecule has 0 spiro atoms. The van der Waals surface area contributed by atoms with Gasteiger partial charge in [0.05, 0.1) is 0 Å². The van der Waals surface area contributed by atoms with Crippen LogP contribution in [0.3, 0.4) is 0 Å². The van der Waals surface area contributed by atoms with Crippen molar-refractivity contribution in [2.75, 3.05) is 24.3 Å². The minimum atomic E-state index is -0.401. The zero-order valence-electron chi connectivity index (χ0n) is 13.7. The Hall–Kier alpha value is -2.59. The molecule has 0 saturated heterocycles. The number of ether oxygens (including phenoxy) is 2. The second kappa shape index (κ2) is 7.34. The smallest absolute Gasteiger partial charge is 0.279 e. The lowest BCUT2D eigenvalue weighted by atomic mass is 10.1. The third kappa shape index (κ3) is 3.51. The summed E-state index contributed by atoms with van der Waals surface area (Å²) in [5.74, 6) is 2.29. The number of hydrogen-bond acceptors (Lipinski definition) is 9. The highest BCUT2D eigenvalue weighted by Gasteiger charge is 2.18. The van der Waals surface area contributed by atoms with Crippen LogP contribution in [-0.2, 0) is 0 Å². The van der Waals surface area contributed by atoms with Crippen LogP contribution in [0.5, 0.6) is 11.5 Å². The molecule has 4 rings (SSSR count). The van der Waals surface area contributed by atoms with Gasteiger partial charge in [-0.3, -0.25) is 10.1 Å². The highest BCUT2D eigenvalue weighted by atomic mass is 32.2. The second-order valence-electron chi connectivity index (χ2n) is 5.20. The minimum absolute atomic E-state index is 0.162. The van der Waals surface area contributed by atoms with E-state index in [4.69, 9.17) is 14.0 Å². The number of nitrogens with zero attached hydrogens (tertiary/aromatic N) is 3. The molecule has 10 heteroatoms. The van der Waals surface area contributed by atoms with Gasteiger partial charge in [0, 0.05) is 11.6 Å². The van der Waals surface area contributed by atoms with Gasteiger partial charge >= 0.3 is 0 Å². The zero-order chi connectivity index (χ0) is 17.9. The van der Waals surface area contributed by atoms with Crippen molar-refractivity contribution in [1.82, 2.24) is 15.4 Å². The van der Waals surface area contributed by atoms with Crippen molar-refractivity contribution in [3.05, 3.63) is 30.0 Å². The number of thioether (sulfide) groups is 1. The van der Waals surface area contributed by atoms with Crippen LogP contribution in [0.15, 0.2) is 33.1 Å². The predicted octanol–water partition coefficient (Wildman–Crippen LogP) is 3.33. The molecule has 1 amide bonds. The molecule has 3 heterocycles. The predicted molar refractivity (Wildman–Crippen MR) is 97.2 cm³/mol. The van der Waals surface area contributed by atoms with E-state index in [2.05, 4.69) is 20.7 Å². The maximum absolute atomic E-state index is 12.3. The molecule has 1 aromatic carbocycles. The fraction of sp³-hybridized carbons (Fsp3) is 0.250. The summed E-state index contributed by atoms with van der Waals surface area (Å²) >= 11 is 2.89. The Morgan fingerprint density at radius 2 is 2.08 bits per heavy atom. The highest BCUT2D eigenvalue weighted by Crippen LogP contribution is 2.34. The summed E-state index contributed by atoms with van der Waals surface area (Å²) in [5, 5.41) is 14.9. The van der Waals surface area contributed by atoms with Crippen LogP contribution in [0.2, 0.25) is 0 Å². The first-order valence-corrected chi connectivity index (χ1v) is 9.67. The summed E-state index contributed by atoms with van der Waals surface area (Å²) in [4.78, 5) is 12.3. The summed E-state index contributed by atoms with van der Waals surface area (Å²) in [6, 6.07) is 7.01. The third-order valence-corrected chi connectivity index (χ3v) is 5.32. The van der Waals surface area contributed by atoms with E-state index in [0.29, 0.717) is 35.6 Å². The van der Waals surface area contributed by atoms with Gasteiger partial charge in [-0.15, -0.1) is 10.2 Å². The molecule has 8 nitrogen and oxygen atoms in total. The molecule has 0 saturated carbocycles. The number of carbonyl (C=O) groups is 1. The molecular formula is C16H14N4O4S2. The number of anilines is 1. The van der Waals surface area contributed by atoms with Crippen molar-refractivity contribution in [2.24, 2.45) is 0 Å². The topological polar surface area (TPSA) is 99.4 Å². The monoisotopic (exact) mass is 390 g/mol. The molecule has 1 N–H and O–H groups in total. The average molecular weight is 390 g/mol. The van der Waals surface area contributed by atoms with Gasteiger partial charge in [0.15, 0.2) is 27.3 Å². The highest BCUT2D eigenvalue weighted by molar-refractivity contribution is 8.01. The van der Waals surface area contributed by atoms with Crippen LogP contribution in [0, 0.1) is 0 Å². The van der Waals surface area contributed by atoms with Crippen LogP contribution in [0.4, 0.5) is 5.13 Å². The van der Waals surface area contributed by atoms with E-state index in [9.17, 15) is 4.79 Å². The van der Waals surface area contributed by atoms with Gasteiger partial charge in [0.1, 0.15) is 13.2 Å². The number of aromatic nitrogens is 3. The second-order valence-corrected chi connectivity index (χ2v) is 7.68. The summed E-state index contributed by atoms with van der Waals surface area (Å²) < 4.78 is 17.2. The van der Waals surface area contributed by atoms with E-state index >= 15 is 0 Å². The molecule has 0 unspecified atom stereocenters. The molecular weight excluding hydrogens is 376 g/mol. The number of amides is 1. The summed E-state index contributed by atoms with van der Waals surface area (Å²) in [7, 11) is 0. The van der Waals surface area contributed by atoms with Crippen molar-refractivity contribution >= 4 is 34.1 Å². The molecule has 0 atom stereocenters. The van der Waals surface area contributed by atoms with Gasteiger partial charge in [0.25, 0.3) is 5.91 Å². The molecule has 26 heavy (non-hydrogen) atoms. The Morgan fingerprint density at radius 1 is 1.23 bits per heavy atom. The first-order chi connectivity index (χ1) is 12.7. The van der Waals surface area contributed by atoms with Gasteiger partial charge < -0.3 is 14.0 Å². The van der Waals surface area contributed by atoms with Crippen LogP contribution in [-0.4, -0.2) is 40.2 Å². The number of nitrogens with one attached hydrogen (secondary N) is 1. The lowest BCUT2D eigenvalue weighted by molar-refractivity contribution is 0.101. The molecule has 0 bridgehead atoms. The molecule has 2 aromatic heterocycles. The van der Waals surface area contributed by atoms with Gasteiger partial charge in [-0.25, -0.2) is 0 Å². The van der Waals surface area contributed by atoms with Gasteiger partial charge in [0.2, 0.25) is 5.13 Å². The molecule has 1 aliphatic heterocycles. The SMILES string of the molecule is CCSc1nnc(NC(=O)c2cc(-c3ccc4c(c3)OCCO4)on2)s1. The Labute approximate surface area is 156 Å². The van der Waals surface area contributed by atoms with Crippen molar-refractivity contribution in [3.63, 3.8) is 0 Å². The number of rotatable bonds is 5. The van der Waals surface area contributed by atoms with E-state index in [1.54, 1.807) is 30.0 Å². The minimum Gasteiger partial charge on any atom is -0.486 e. The maximum atomic E-state index is 12.3. The Kier molecular flexibility index (Phi) is 4.76. The van der Waals surface area contributed by atoms with Crippen LogP contribution in [0.25, 0.3) is 11.3 Å². The van der Waals surface area contributed by atoms with Crippen LogP contribution < -0.4 is 14.8 Å². The van der Waals surface area contributed by atoms with Crippen LogP contribution in [0.1, 0.15) is 17.4 Å². The summed E-state index contributed by atoms with van der Waals surface area (Å²) in [5.41, 5.74) is 0.910. The van der Waals surface area contributed by atoms with Gasteiger partial charge in [-0.05, 0) is 24.0 Å². The zero-order valence-corrected chi connectivity index (χ0v) is 15.4. The van der Waals surface area contributed by atoms with E-state index < -0.39 is 5.91 Å². The quantitative estimate of drug-likeness (QED) is 0.523. The molecule has 0 fully saturated rings. The lowest BCUT2D eigenvalue weighted by Gasteiger charge is -2.18. The fourth-order valence-corrected chi connectivity index (χ4v) is 3.96. The van der Waals surface area contributed by atoms with E-state index in [-0.39, 0.29) is 5.69 Å². The Morgan fingerprint density at radius 3 is 2.92 bits per heavy atom. The number of hydrogen-bond donors (Lipinski definition) is 1. The number of fused-ring (bicyclic) bond motifs is 1. The van der Waals surface area contributed by atoms with E-state index in [0.717, 1.165) is 15.7 Å². The molecule has 0 radical (unpaired) electrons. The Bertz CT molecular complexity index is 940. The standard InChI is InChI=1S/C16H14N4O4S2/c1-2-25-16-19-18-15(26-16)17-14(21)10-8-12(24-20-10)9-3-4-11-13(7-9)23-6-5-22-11/h3-4,7-8H,2,5-6H2,1H3,(H,17,18,21). The fourth-order valence-electron chi connectivity index (χ4n) is 2.32. The average Bonchev–Trinajstić information content (AvgIpc) is 3.31. The normalized spacial score (nSPS) is 12.8. The molecule has 0 aliphatic carbocycles. The number of benzene rings is 1. The van der Waals surface area contributed by atoms with Crippen molar-refractivity contribution in [2.45, 2.75) is 11.3 Å². The summed E-state index contributed by atoms with van der Waals surface area (Å²) in [6.45, 7) is 3.06. The first kappa shape index (κ1) is 16.9. The van der Waals surface area contributed by atoms with E-state index in [1.165, 1.54) is 11.3 Å². The van der Waals surface area contributed by atoms with Gasteiger partial charge in [-0.1, -0.05) is 35.2 Å². The third-order valence-electron chi connectivity index (χ3n) is 3.46. The van der Waals surface area contributed by atoms with Crippen molar-refractivity contribution in [3.8, 4) is 22.8 Å². The van der Waals surface area contributed by atoms with Crippen LogP contribution >= 0.6 is 23.1 Å². The summed E-state index contributed by atoms with van der Waals surface area (Å²) in [6.07, 6.45) is 0. The van der Waals surface area contributed by atoms with E-state index in [1.807, 2.05) is 13.0 Å². The molecule has 1 aliphatic rings. The largest absolute Gasteiger partial charge is 0.486 e. The molecule has 134 valence electrons. The Balaban J connectivity index is 1.49. The molecule has 3 aromatic rings. The van der Waals surface area contributed by atoms with Gasteiger partial charge in [-0.2, -0.15) is 0 Å². The van der Waals surface area contributed by atoms with Crippen molar-refractivity contribution in [1.29, 1.82) is 0 Å².